The maximum Gasteiger partial charge on any atom is 0.0857 e. The molecule has 0 aromatic heterocycles. The van der Waals surface area contributed by atoms with Crippen molar-refractivity contribution in [3.63, 3.8) is 0 Å². The van der Waals surface area contributed by atoms with Crippen molar-refractivity contribution in [2.24, 2.45) is 10.2 Å². The van der Waals surface area contributed by atoms with Crippen molar-refractivity contribution in [2.45, 2.75) is 6.54 Å². The Morgan fingerprint density at radius 3 is 1.77 bits per heavy atom. The number of hydrogen-bond acceptors (Lipinski definition) is 3. The van der Waals surface area contributed by atoms with Gasteiger partial charge in [0.1, 0.15) is 0 Å². The molecule has 0 atom stereocenters. The highest BCUT2D eigenvalue weighted by Gasteiger charge is 1.95. The molecule has 108 valence electrons. The highest BCUT2D eigenvalue weighted by molar-refractivity contribution is 5.45. The minimum Gasteiger partial charge on any atom is -0.381 e. The van der Waals surface area contributed by atoms with Crippen LogP contribution in [0.2, 0.25) is 0 Å². The van der Waals surface area contributed by atoms with Crippen molar-refractivity contribution in [1.29, 1.82) is 0 Å². The van der Waals surface area contributed by atoms with Gasteiger partial charge in [-0.05, 0) is 42.0 Å². The predicted octanol–water partition coefficient (Wildman–Crippen LogP) is 5.71. The van der Waals surface area contributed by atoms with Crippen LogP contribution in [0.15, 0.2) is 95.2 Å². The average molecular weight is 287 g/mol. The Hall–Kier alpha value is -2.94. The van der Waals surface area contributed by atoms with Gasteiger partial charge in [0.2, 0.25) is 0 Å². The van der Waals surface area contributed by atoms with Crippen molar-refractivity contribution in [3.05, 3.63) is 90.5 Å². The van der Waals surface area contributed by atoms with Crippen LogP contribution in [0.5, 0.6) is 0 Å². The van der Waals surface area contributed by atoms with E-state index in [1.165, 1.54) is 5.56 Å². The molecule has 0 saturated heterocycles. The summed E-state index contributed by atoms with van der Waals surface area (Å²) in [7, 11) is 0. The number of hydrogen-bond donors (Lipinski definition) is 1. The van der Waals surface area contributed by atoms with Crippen molar-refractivity contribution in [2.75, 3.05) is 5.32 Å². The zero-order valence-electron chi connectivity index (χ0n) is 12.2. The molecule has 0 radical (unpaired) electrons. The lowest BCUT2D eigenvalue weighted by Gasteiger charge is -2.06. The van der Waals surface area contributed by atoms with E-state index >= 15 is 0 Å². The standard InChI is InChI=1S/C19H17N3/c1-3-7-17(8-4-1)20-15-16-11-13-19(14-12-16)22-21-18-9-5-2-6-10-18/h1-14,20H,15H2. The number of nitrogens with zero attached hydrogens (tertiary/aromatic N) is 2. The Balaban J connectivity index is 1.59. The monoisotopic (exact) mass is 287 g/mol. The highest BCUT2D eigenvalue weighted by atomic mass is 15.1. The van der Waals surface area contributed by atoms with Crippen molar-refractivity contribution in [3.8, 4) is 0 Å². The van der Waals surface area contributed by atoms with Crippen LogP contribution in [0.25, 0.3) is 0 Å². The lowest BCUT2D eigenvalue weighted by Crippen LogP contribution is -1.98. The molecule has 22 heavy (non-hydrogen) atoms. The van der Waals surface area contributed by atoms with Crippen LogP contribution in [0.4, 0.5) is 17.1 Å². The van der Waals surface area contributed by atoms with Gasteiger partial charge >= 0.3 is 0 Å². The average Bonchev–Trinajstić information content (AvgIpc) is 2.61. The third-order valence-corrected chi connectivity index (χ3v) is 3.24. The van der Waals surface area contributed by atoms with E-state index in [9.17, 15) is 0 Å². The molecular formula is C19H17N3. The maximum absolute atomic E-state index is 4.24. The summed E-state index contributed by atoms with van der Waals surface area (Å²) < 4.78 is 0. The lowest BCUT2D eigenvalue weighted by atomic mass is 10.2. The van der Waals surface area contributed by atoms with Crippen LogP contribution < -0.4 is 5.32 Å². The van der Waals surface area contributed by atoms with Crippen LogP contribution in [0.3, 0.4) is 0 Å². The minimum absolute atomic E-state index is 0.792. The van der Waals surface area contributed by atoms with Gasteiger partial charge < -0.3 is 5.32 Å². The zero-order chi connectivity index (χ0) is 15.0. The molecule has 0 saturated carbocycles. The van der Waals surface area contributed by atoms with E-state index < -0.39 is 0 Å². The molecule has 0 spiro atoms. The van der Waals surface area contributed by atoms with E-state index in [0.717, 1.165) is 23.6 Å². The Kier molecular flexibility index (Phi) is 4.57. The van der Waals surface area contributed by atoms with Gasteiger partial charge in [0.15, 0.2) is 0 Å². The fourth-order valence-corrected chi connectivity index (χ4v) is 2.05. The molecule has 3 nitrogen and oxygen atoms in total. The van der Waals surface area contributed by atoms with Crippen molar-refractivity contribution < 1.29 is 0 Å². The summed E-state index contributed by atoms with van der Waals surface area (Å²) in [5.74, 6) is 0. The van der Waals surface area contributed by atoms with Crippen LogP contribution in [0.1, 0.15) is 5.56 Å². The molecule has 3 aromatic rings. The number of rotatable bonds is 5. The number of azo groups is 1. The second-order valence-corrected chi connectivity index (χ2v) is 4.92. The number of para-hydroxylation sites is 1. The molecule has 3 aromatic carbocycles. The molecule has 0 heterocycles. The van der Waals surface area contributed by atoms with Gasteiger partial charge in [-0.15, -0.1) is 0 Å². The Bertz CT molecular complexity index is 720. The zero-order valence-corrected chi connectivity index (χ0v) is 12.2. The summed E-state index contributed by atoms with van der Waals surface area (Å²) in [6.45, 7) is 0.792. The lowest BCUT2D eigenvalue weighted by molar-refractivity contribution is 1.14. The molecular weight excluding hydrogens is 270 g/mol. The van der Waals surface area contributed by atoms with Crippen LogP contribution in [-0.4, -0.2) is 0 Å². The predicted molar refractivity (Wildman–Crippen MR) is 90.8 cm³/mol. The largest absolute Gasteiger partial charge is 0.381 e. The fraction of sp³-hybridized carbons (Fsp3) is 0.0526. The van der Waals surface area contributed by atoms with Crippen molar-refractivity contribution >= 4 is 17.1 Å². The third-order valence-electron chi connectivity index (χ3n) is 3.24. The maximum atomic E-state index is 4.24. The second-order valence-electron chi connectivity index (χ2n) is 4.92. The van der Waals surface area contributed by atoms with E-state index in [2.05, 4.69) is 39.8 Å². The van der Waals surface area contributed by atoms with Crippen LogP contribution >= 0.6 is 0 Å². The Morgan fingerprint density at radius 1 is 0.591 bits per heavy atom. The summed E-state index contributed by atoms with van der Waals surface area (Å²) in [5, 5.41) is 11.8. The molecule has 0 fully saturated rings. The first-order chi connectivity index (χ1) is 10.9. The third kappa shape index (κ3) is 4.03. The summed E-state index contributed by atoms with van der Waals surface area (Å²) in [6.07, 6.45) is 0. The van der Waals surface area contributed by atoms with E-state index in [1.54, 1.807) is 0 Å². The normalized spacial score (nSPS) is 10.7. The highest BCUT2D eigenvalue weighted by Crippen LogP contribution is 2.18. The fourth-order valence-electron chi connectivity index (χ4n) is 2.05. The molecule has 0 bridgehead atoms. The molecule has 3 rings (SSSR count). The SMILES string of the molecule is c1ccc(N=Nc2ccc(CNc3ccccc3)cc2)cc1. The van der Waals surface area contributed by atoms with Crippen LogP contribution in [0, 0.1) is 0 Å². The smallest absolute Gasteiger partial charge is 0.0857 e. The summed E-state index contributed by atoms with van der Waals surface area (Å²) in [4.78, 5) is 0. The molecule has 0 aliphatic carbocycles. The van der Waals surface area contributed by atoms with E-state index in [1.807, 2.05) is 60.7 Å². The summed E-state index contributed by atoms with van der Waals surface area (Å²) in [5.41, 5.74) is 4.04. The Morgan fingerprint density at radius 2 is 1.14 bits per heavy atom. The van der Waals surface area contributed by atoms with Gasteiger partial charge in [-0.2, -0.15) is 10.2 Å². The first kappa shape index (κ1) is 14.0. The van der Waals surface area contributed by atoms with Gasteiger partial charge in [0.05, 0.1) is 11.4 Å². The number of nitrogens with one attached hydrogen (secondary N) is 1. The number of anilines is 1. The molecule has 0 aliphatic rings. The van der Waals surface area contributed by atoms with Crippen LogP contribution in [-0.2, 0) is 6.54 Å². The second kappa shape index (κ2) is 7.18. The molecule has 3 heteroatoms. The summed E-state index contributed by atoms with van der Waals surface area (Å²) >= 11 is 0. The van der Waals surface area contributed by atoms with Gasteiger partial charge in [0.25, 0.3) is 0 Å². The molecule has 0 amide bonds. The van der Waals surface area contributed by atoms with Crippen molar-refractivity contribution in [1.82, 2.24) is 0 Å². The first-order valence-corrected chi connectivity index (χ1v) is 7.25. The van der Waals surface area contributed by atoms with Gasteiger partial charge in [0, 0.05) is 12.2 Å². The number of benzene rings is 3. The Labute approximate surface area is 130 Å². The quantitative estimate of drug-likeness (QED) is 0.599. The molecule has 0 unspecified atom stereocenters. The van der Waals surface area contributed by atoms with Gasteiger partial charge in [-0.1, -0.05) is 48.5 Å². The molecule has 0 aliphatic heterocycles. The van der Waals surface area contributed by atoms with E-state index in [0.29, 0.717) is 0 Å². The van der Waals surface area contributed by atoms with E-state index in [-0.39, 0.29) is 0 Å². The molecule has 1 N–H and O–H groups in total. The van der Waals surface area contributed by atoms with Gasteiger partial charge in [-0.3, -0.25) is 0 Å². The van der Waals surface area contributed by atoms with E-state index in [4.69, 9.17) is 0 Å². The topological polar surface area (TPSA) is 36.8 Å². The van der Waals surface area contributed by atoms with Gasteiger partial charge in [-0.25, -0.2) is 0 Å². The summed E-state index contributed by atoms with van der Waals surface area (Å²) in [6, 6.07) is 28.0. The minimum atomic E-state index is 0.792. The first-order valence-electron chi connectivity index (χ1n) is 7.25.